The number of carbonyl (C=O) groups is 2. The zero-order valence-electron chi connectivity index (χ0n) is 12.9. The fourth-order valence-electron chi connectivity index (χ4n) is 1.94. The van der Waals surface area contributed by atoms with Crippen molar-refractivity contribution in [1.29, 1.82) is 0 Å². The Balaban J connectivity index is 1.68. The lowest BCUT2D eigenvalue weighted by molar-refractivity contribution is -0.143. The van der Waals surface area contributed by atoms with Crippen LogP contribution in [0.2, 0.25) is 0 Å². The van der Waals surface area contributed by atoms with E-state index in [1.165, 1.54) is 17.4 Å². The highest BCUT2D eigenvalue weighted by Gasteiger charge is 2.09. The fourth-order valence-corrected chi connectivity index (χ4v) is 2.56. The Bertz CT molecular complexity index is 650. The smallest absolute Gasteiger partial charge is 0.331 e. The Morgan fingerprint density at radius 1 is 1.22 bits per heavy atom. The van der Waals surface area contributed by atoms with Gasteiger partial charge in [0, 0.05) is 17.5 Å². The Kier molecular flexibility index (Phi) is 6.56. The van der Waals surface area contributed by atoms with Crippen molar-refractivity contribution in [3.05, 3.63) is 64.4 Å². The van der Waals surface area contributed by atoms with Gasteiger partial charge in [0.25, 0.3) is 5.91 Å². The van der Waals surface area contributed by atoms with Crippen molar-refractivity contribution >= 4 is 29.3 Å². The number of hydrogen-bond donors (Lipinski definition) is 1. The van der Waals surface area contributed by atoms with Gasteiger partial charge in [-0.15, -0.1) is 11.3 Å². The van der Waals surface area contributed by atoms with Crippen molar-refractivity contribution in [3.8, 4) is 0 Å². The molecule has 0 unspecified atom stereocenters. The first-order valence-electron chi connectivity index (χ1n) is 7.35. The van der Waals surface area contributed by atoms with E-state index in [-0.39, 0.29) is 18.4 Å². The normalized spacial score (nSPS) is 12.0. The molecule has 0 saturated carbocycles. The van der Waals surface area contributed by atoms with Gasteiger partial charge in [0.2, 0.25) is 0 Å². The molecule has 0 aliphatic rings. The van der Waals surface area contributed by atoms with Gasteiger partial charge in [0.15, 0.2) is 6.61 Å². The number of amides is 1. The van der Waals surface area contributed by atoms with Crippen molar-refractivity contribution < 1.29 is 14.3 Å². The molecule has 4 nitrogen and oxygen atoms in total. The van der Waals surface area contributed by atoms with Crippen LogP contribution in [-0.2, 0) is 14.3 Å². The lowest BCUT2D eigenvalue weighted by atomic mass is 10.0. The highest BCUT2D eigenvalue weighted by molar-refractivity contribution is 7.10. The average Bonchev–Trinajstić information content (AvgIpc) is 3.10. The van der Waals surface area contributed by atoms with Crippen LogP contribution >= 0.6 is 11.3 Å². The van der Waals surface area contributed by atoms with Crippen LogP contribution in [0.4, 0.5) is 0 Å². The third-order valence-electron chi connectivity index (χ3n) is 3.25. The standard InChI is InChI=1S/C18H19NO3S/c1-14(15-6-3-2-4-7-15)12-19-17(20)13-22-18(21)10-9-16-8-5-11-23-16/h2-11,14H,12-13H2,1H3,(H,19,20)/b10-9+/t14-/m1/s1. The maximum atomic E-state index is 11.7. The molecule has 1 heterocycles. The van der Waals surface area contributed by atoms with Crippen molar-refractivity contribution in [1.82, 2.24) is 5.32 Å². The molecule has 1 atom stereocenters. The van der Waals surface area contributed by atoms with Gasteiger partial charge in [-0.2, -0.15) is 0 Å². The third kappa shape index (κ3) is 6.08. The Morgan fingerprint density at radius 2 is 2.00 bits per heavy atom. The second kappa shape index (κ2) is 8.90. The molecule has 2 aromatic rings. The maximum Gasteiger partial charge on any atom is 0.331 e. The molecule has 0 aliphatic heterocycles. The van der Waals surface area contributed by atoms with Crippen LogP contribution in [0.25, 0.3) is 6.08 Å². The Labute approximate surface area is 139 Å². The zero-order chi connectivity index (χ0) is 16.5. The van der Waals surface area contributed by atoms with Gasteiger partial charge in [0.1, 0.15) is 0 Å². The van der Waals surface area contributed by atoms with E-state index in [0.717, 1.165) is 10.4 Å². The van der Waals surface area contributed by atoms with Crippen LogP contribution in [0.3, 0.4) is 0 Å². The molecule has 0 fully saturated rings. The Morgan fingerprint density at radius 3 is 2.70 bits per heavy atom. The summed E-state index contributed by atoms with van der Waals surface area (Å²) in [6.45, 7) is 2.27. The van der Waals surface area contributed by atoms with Gasteiger partial charge in [-0.05, 0) is 29.0 Å². The van der Waals surface area contributed by atoms with E-state index in [1.54, 1.807) is 6.08 Å². The minimum Gasteiger partial charge on any atom is -0.452 e. The van der Waals surface area contributed by atoms with E-state index in [9.17, 15) is 9.59 Å². The number of rotatable bonds is 7. The lowest BCUT2D eigenvalue weighted by Crippen LogP contribution is -2.31. The van der Waals surface area contributed by atoms with Gasteiger partial charge in [-0.1, -0.05) is 43.3 Å². The minimum absolute atomic E-state index is 0.203. The van der Waals surface area contributed by atoms with Crippen LogP contribution < -0.4 is 5.32 Å². The molecule has 0 bridgehead atoms. The van der Waals surface area contributed by atoms with Gasteiger partial charge < -0.3 is 10.1 Å². The molecule has 2 rings (SSSR count). The number of esters is 1. The Hall–Kier alpha value is -2.40. The number of ether oxygens (including phenoxy) is 1. The molecule has 0 aliphatic carbocycles. The largest absolute Gasteiger partial charge is 0.452 e. The summed E-state index contributed by atoms with van der Waals surface area (Å²) in [7, 11) is 0. The number of thiophene rings is 1. The van der Waals surface area contributed by atoms with Gasteiger partial charge >= 0.3 is 5.97 Å². The fraction of sp³-hybridized carbons (Fsp3) is 0.222. The van der Waals surface area contributed by atoms with Crippen molar-refractivity contribution in [2.24, 2.45) is 0 Å². The predicted octanol–water partition coefficient (Wildman–Crippen LogP) is 3.22. The van der Waals surface area contributed by atoms with Crippen LogP contribution in [0.1, 0.15) is 23.3 Å². The summed E-state index contributed by atoms with van der Waals surface area (Å²) in [6, 6.07) is 13.7. The number of carbonyl (C=O) groups excluding carboxylic acids is 2. The number of nitrogens with one attached hydrogen (secondary N) is 1. The second-order valence-corrected chi connectivity index (χ2v) is 6.05. The molecule has 23 heavy (non-hydrogen) atoms. The van der Waals surface area contributed by atoms with E-state index in [2.05, 4.69) is 5.32 Å². The van der Waals surface area contributed by atoms with E-state index in [0.29, 0.717) is 6.54 Å². The van der Waals surface area contributed by atoms with E-state index in [1.807, 2.05) is 54.8 Å². The highest BCUT2D eigenvalue weighted by atomic mass is 32.1. The molecular weight excluding hydrogens is 310 g/mol. The summed E-state index contributed by atoms with van der Waals surface area (Å²) >= 11 is 1.52. The SMILES string of the molecule is C[C@H](CNC(=O)COC(=O)/C=C/c1cccs1)c1ccccc1. The van der Waals surface area contributed by atoms with Crippen molar-refractivity contribution in [2.75, 3.05) is 13.2 Å². The zero-order valence-corrected chi connectivity index (χ0v) is 13.7. The quantitative estimate of drug-likeness (QED) is 0.627. The van der Waals surface area contributed by atoms with Gasteiger partial charge in [-0.25, -0.2) is 4.79 Å². The molecule has 1 N–H and O–H groups in total. The molecule has 0 spiro atoms. The summed E-state index contributed by atoms with van der Waals surface area (Å²) in [5, 5.41) is 4.69. The minimum atomic E-state index is -0.523. The average molecular weight is 329 g/mol. The summed E-state index contributed by atoms with van der Waals surface area (Å²) in [5.74, 6) is -0.620. The van der Waals surface area contributed by atoms with Crippen molar-refractivity contribution in [2.45, 2.75) is 12.8 Å². The van der Waals surface area contributed by atoms with E-state index >= 15 is 0 Å². The molecule has 0 saturated heterocycles. The van der Waals surface area contributed by atoms with Crippen LogP contribution in [0.15, 0.2) is 53.9 Å². The first-order valence-corrected chi connectivity index (χ1v) is 8.23. The highest BCUT2D eigenvalue weighted by Crippen LogP contribution is 2.13. The van der Waals surface area contributed by atoms with Crippen LogP contribution in [0.5, 0.6) is 0 Å². The predicted molar refractivity (Wildman–Crippen MR) is 92.2 cm³/mol. The number of hydrogen-bond acceptors (Lipinski definition) is 4. The number of benzene rings is 1. The summed E-state index contributed by atoms with van der Waals surface area (Å²) in [5.41, 5.74) is 1.16. The molecule has 120 valence electrons. The second-order valence-electron chi connectivity index (χ2n) is 5.07. The van der Waals surface area contributed by atoms with Gasteiger partial charge in [-0.3, -0.25) is 4.79 Å². The third-order valence-corrected chi connectivity index (χ3v) is 4.08. The van der Waals surface area contributed by atoms with E-state index in [4.69, 9.17) is 4.74 Å². The monoisotopic (exact) mass is 329 g/mol. The topological polar surface area (TPSA) is 55.4 Å². The maximum absolute atomic E-state index is 11.7. The molecule has 1 amide bonds. The molecule has 1 aromatic carbocycles. The molecular formula is C18H19NO3S. The summed E-state index contributed by atoms with van der Waals surface area (Å²) in [6.07, 6.45) is 2.99. The molecule has 1 aromatic heterocycles. The lowest BCUT2D eigenvalue weighted by Gasteiger charge is -2.12. The molecule has 0 radical (unpaired) electrons. The van der Waals surface area contributed by atoms with Crippen molar-refractivity contribution in [3.63, 3.8) is 0 Å². The summed E-state index contributed by atoms with van der Waals surface area (Å²) in [4.78, 5) is 24.2. The first-order chi connectivity index (χ1) is 11.1. The van der Waals surface area contributed by atoms with Gasteiger partial charge in [0.05, 0.1) is 0 Å². The van der Waals surface area contributed by atoms with Crippen LogP contribution in [0, 0.1) is 0 Å². The molecule has 5 heteroatoms. The summed E-state index contributed by atoms with van der Waals surface area (Å²) < 4.78 is 4.91. The first kappa shape index (κ1) is 17.0. The van der Waals surface area contributed by atoms with E-state index < -0.39 is 5.97 Å². The van der Waals surface area contributed by atoms with Crippen LogP contribution in [-0.4, -0.2) is 25.0 Å².